The van der Waals surface area contributed by atoms with Gasteiger partial charge in [-0.05, 0) is 37.5 Å². The van der Waals surface area contributed by atoms with Gasteiger partial charge in [-0.2, -0.15) is 5.10 Å². The lowest BCUT2D eigenvalue weighted by molar-refractivity contribution is 0.172. The standard InChI is InChI=1S/C16H20Cl2N2O/c1-3-14-16(18)15(20(4-2)19-14)10-13(21)9-11-5-7-12(17)8-6-11/h5-8,13,21H,3-4,9-10H2,1-2H3. The van der Waals surface area contributed by atoms with Crippen LogP contribution in [0.25, 0.3) is 0 Å². The average molecular weight is 327 g/mol. The number of benzene rings is 1. The van der Waals surface area contributed by atoms with Crippen LogP contribution in [0.2, 0.25) is 10.0 Å². The first-order valence-corrected chi connectivity index (χ1v) is 7.97. The van der Waals surface area contributed by atoms with Crippen molar-refractivity contribution in [1.82, 2.24) is 9.78 Å². The van der Waals surface area contributed by atoms with Gasteiger partial charge in [-0.25, -0.2) is 0 Å². The normalized spacial score (nSPS) is 12.6. The Kier molecular flexibility index (Phi) is 5.68. The van der Waals surface area contributed by atoms with Crippen LogP contribution in [0.5, 0.6) is 0 Å². The van der Waals surface area contributed by atoms with Crippen LogP contribution in [0, 0.1) is 0 Å². The molecule has 114 valence electrons. The van der Waals surface area contributed by atoms with E-state index in [0.29, 0.717) is 22.9 Å². The van der Waals surface area contributed by atoms with E-state index in [9.17, 15) is 5.11 Å². The van der Waals surface area contributed by atoms with Crippen molar-refractivity contribution >= 4 is 23.2 Å². The van der Waals surface area contributed by atoms with Crippen LogP contribution >= 0.6 is 23.2 Å². The van der Waals surface area contributed by atoms with Crippen LogP contribution in [0.3, 0.4) is 0 Å². The number of aryl methyl sites for hydroxylation is 2. The quantitative estimate of drug-likeness (QED) is 0.873. The van der Waals surface area contributed by atoms with Gasteiger partial charge in [0.1, 0.15) is 0 Å². The fourth-order valence-corrected chi connectivity index (χ4v) is 2.87. The zero-order chi connectivity index (χ0) is 15.4. The minimum absolute atomic E-state index is 0.490. The second kappa shape index (κ2) is 7.30. The molecule has 0 aliphatic heterocycles. The summed E-state index contributed by atoms with van der Waals surface area (Å²) in [5, 5.41) is 16.2. The summed E-state index contributed by atoms with van der Waals surface area (Å²) in [5.41, 5.74) is 2.87. The Balaban J connectivity index is 2.10. The lowest BCUT2D eigenvalue weighted by Gasteiger charge is -2.12. The molecule has 0 saturated carbocycles. The van der Waals surface area contributed by atoms with E-state index >= 15 is 0 Å². The highest BCUT2D eigenvalue weighted by Crippen LogP contribution is 2.23. The molecule has 1 unspecified atom stereocenters. The molecule has 0 amide bonds. The number of nitrogens with zero attached hydrogens (tertiary/aromatic N) is 2. The van der Waals surface area contributed by atoms with E-state index in [2.05, 4.69) is 5.10 Å². The molecule has 1 N–H and O–H groups in total. The van der Waals surface area contributed by atoms with E-state index in [-0.39, 0.29) is 0 Å². The van der Waals surface area contributed by atoms with Gasteiger partial charge in [0.05, 0.1) is 22.5 Å². The maximum Gasteiger partial charge on any atom is 0.0850 e. The van der Waals surface area contributed by atoms with E-state index in [0.717, 1.165) is 29.9 Å². The van der Waals surface area contributed by atoms with Crippen molar-refractivity contribution in [2.24, 2.45) is 0 Å². The van der Waals surface area contributed by atoms with E-state index < -0.39 is 6.10 Å². The molecule has 1 atom stereocenters. The first-order chi connectivity index (χ1) is 10.0. The Labute approximate surface area is 135 Å². The van der Waals surface area contributed by atoms with Crippen molar-refractivity contribution in [3.63, 3.8) is 0 Å². The van der Waals surface area contributed by atoms with E-state index in [1.807, 2.05) is 42.8 Å². The maximum atomic E-state index is 10.3. The summed E-state index contributed by atoms with van der Waals surface area (Å²) in [6.45, 7) is 4.81. The molecule has 1 aromatic heterocycles. The molecule has 0 spiro atoms. The highest BCUT2D eigenvalue weighted by molar-refractivity contribution is 6.32. The molecule has 0 fully saturated rings. The summed E-state index contributed by atoms with van der Waals surface area (Å²) in [4.78, 5) is 0. The Morgan fingerprint density at radius 3 is 2.38 bits per heavy atom. The lowest BCUT2D eigenvalue weighted by Crippen LogP contribution is -2.17. The predicted molar refractivity (Wildman–Crippen MR) is 87.2 cm³/mol. The molecule has 0 aliphatic carbocycles. The lowest BCUT2D eigenvalue weighted by atomic mass is 10.0. The molecule has 2 aromatic rings. The van der Waals surface area contributed by atoms with Gasteiger partial charge in [-0.3, -0.25) is 4.68 Å². The summed E-state index contributed by atoms with van der Waals surface area (Å²) in [5.74, 6) is 0. The van der Waals surface area contributed by atoms with Gasteiger partial charge in [-0.15, -0.1) is 0 Å². The summed E-state index contributed by atoms with van der Waals surface area (Å²) in [6.07, 6.45) is 1.38. The van der Waals surface area contributed by atoms with E-state index in [4.69, 9.17) is 23.2 Å². The highest BCUT2D eigenvalue weighted by Gasteiger charge is 2.17. The predicted octanol–water partition coefficient (Wildman–Crippen LogP) is 3.92. The number of hydrogen-bond donors (Lipinski definition) is 1. The maximum absolute atomic E-state index is 10.3. The molecule has 2 rings (SSSR count). The first kappa shape index (κ1) is 16.3. The van der Waals surface area contributed by atoms with Crippen LogP contribution in [-0.2, 0) is 25.8 Å². The van der Waals surface area contributed by atoms with Gasteiger partial charge >= 0.3 is 0 Å². The van der Waals surface area contributed by atoms with Gasteiger partial charge in [0.25, 0.3) is 0 Å². The number of aliphatic hydroxyl groups is 1. The second-order valence-electron chi connectivity index (χ2n) is 5.07. The number of rotatable bonds is 6. The van der Waals surface area contributed by atoms with Gasteiger partial charge in [0.15, 0.2) is 0 Å². The third-order valence-electron chi connectivity index (χ3n) is 3.51. The van der Waals surface area contributed by atoms with Crippen molar-refractivity contribution in [2.75, 3.05) is 0 Å². The zero-order valence-corrected chi connectivity index (χ0v) is 13.8. The number of aromatic nitrogens is 2. The molecular formula is C16H20Cl2N2O. The summed E-state index contributed by atoms with van der Waals surface area (Å²) < 4.78 is 1.88. The van der Waals surface area contributed by atoms with Crippen LogP contribution < -0.4 is 0 Å². The van der Waals surface area contributed by atoms with Gasteiger partial charge < -0.3 is 5.11 Å². The molecule has 3 nitrogen and oxygen atoms in total. The van der Waals surface area contributed by atoms with Crippen LogP contribution in [0.4, 0.5) is 0 Å². The molecule has 1 heterocycles. The molecule has 0 radical (unpaired) electrons. The SMILES string of the molecule is CCc1nn(CC)c(CC(O)Cc2ccc(Cl)cc2)c1Cl. The molecular weight excluding hydrogens is 307 g/mol. The monoisotopic (exact) mass is 326 g/mol. The topological polar surface area (TPSA) is 38.0 Å². The number of aliphatic hydroxyl groups excluding tert-OH is 1. The van der Waals surface area contributed by atoms with Crippen molar-refractivity contribution in [3.05, 3.63) is 51.3 Å². The van der Waals surface area contributed by atoms with Crippen molar-refractivity contribution in [2.45, 2.75) is 45.8 Å². The van der Waals surface area contributed by atoms with E-state index in [1.165, 1.54) is 0 Å². The van der Waals surface area contributed by atoms with Crippen molar-refractivity contribution in [1.29, 1.82) is 0 Å². The van der Waals surface area contributed by atoms with Gasteiger partial charge in [0.2, 0.25) is 0 Å². The minimum atomic E-state index is -0.490. The average Bonchev–Trinajstić information content (AvgIpc) is 2.77. The molecule has 5 heteroatoms. The fourth-order valence-electron chi connectivity index (χ4n) is 2.40. The Bertz CT molecular complexity index is 593. The highest BCUT2D eigenvalue weighted by atomic mass is 35.5. The zero-order valence-electron chi connectivity index (χ0n) is 12.3. The van der Waals surface area contributed by atoms with Crippen molar-refractivity contribution < 1.29 is 5.11 Å². The Morgan fingerprint density at radius 1 is 1.14 bits per heavy atom. The fraction of sp³-hybridized carbons (Fsp3) is 0.438. The number of halogens is 2. The first-order valence-electron chi connectivity index (χ1n) is 7.21. The smallest absolute Gasteiger partial charge is 0.0850 e. The molecule has 0 saturated heterocycles. The Morgan fingerprint density at radius 2 is 1.81 bits per heavy atom. The summed E-state index contributed by atoms with van der Waals surface area (Å²) >= 11 is 12.2. The summed E-state index contributed by atoms with van der Waals surface area (Å²) in [6, 6.07) is 7.54. The van der Waals surface area contributed by atoms with E-state index in [1.54, 1.807) is 0 Å². The molecule has 1 aromatic carbocycles. The van der Waals surface area contributed by atoms with Crippen molar-refractivity contribution in [3.8, 4) is 0 Å². The minimum Gasteiger partial charge on any atom is -0.392 e. The molecule has 21 heavy (non-hydrogen) atoms. The third-order valence-corrected chi connectivity index (χ3v) is 4.20. The molecule has 0 bridgehead atoms. The van der Waals surface area contributed by atoms with Gasteiger partial charge in [-0.1, -0.05) is 42.3 Å². The Hall–Kier alpha value is -1.03. The number of hydrogen-bond acceptors (Lipinski definition) is 2. The van der Waals surface area contributed by atoms with Gasteiger partial charge in [0, 0.05) is 18.0 Å². The molecule has 0 aliphatic rings. The van der Waals surface area contributed by atoms with Crippen LogP contribution in [0.1, 0.15) is 30.8 Å². The second-order valence-corrected chi connectivity index (χ2v) is 5.88. The largest absolute Gasteiger partial charge is 0.392 e. The summed E-state index contributed by atoms with van der Waals surface area (Å²) in [7, 11) is 0. The van der Waals surface area contributed by atoms with Crippen LogP contribution in [-0.4, -0.2) is 21.0 Å². The van der Waals surface area contributed by atoms with Crippen LogP contribution in [0.15, 0.2) is 24.3 Å². The third kappa shape index (κ3) is 4.00.